The van der Waals surface area contributed by atoms with Gasteiger partial charge in [-0.25, -0.2) is 9.78 Å². The number of hydrogen-bond donors (Lipinski definition) is 2. The summed E-state index contributed by atoms with van der Waals surface area (Å²) in [5, 5.41) is 18.8. The number of carboxylic acid groups (broad SMARTS) is 1. The second-order valence-corrected chi connectivity index (χ2v) is 5.96. The minimum Gasteiger partial charge on any atom is -0.478 e. The van der Waals surface area contributed by atoms with E-state index >= 15 is 0 Å². The molecule has 21 heavy (non-hydrogen) atoms. The van der Waals surface area contributed by atoms with Crippen LogP contribution >= 0.6 is 0 Å². The van der Waals surface area contributed by atoms with Crippen molar-refractivity contribution in [3.63, 3.8) is 0 Å². The number of carbonyl (C=O) groups is 1. The minimum atomic E-state index is -0.931. The van der Waals surface area contributed by atoms with E-state index in [9.17, 15) is 9.90 Å². The number of imidazole rings is 1. The summed E-state index contributed by atoms with van der Waals surface area (Å²) >= 11 is 0. The monoisotopic (exact) mass is 288 g/mol. The number of carboxylic acids is 1. The van der Waals surface area contributed by atoms with Crippen molar-refractivity contribution in [1.29, 1.82) is 0 Å². The van der Waals surface area contributed by atoms with Gasteiger partial charge in [-0.1, -0.05) is 6.42 Å². The van der Waals surface area contributed by atoms with Crippen LogP contribution in [0, 0.1) is 12.8 Å². The third-order valence-electron chi connectivity index (χ3n) is 4.38. The Balaban J connectivity index is 1.91. The summed E-state index contributed by atoms with van der Waals surface area (Å²) < 4.78 is 2.14. The molecule has 112 valence electrons. The number of rotatable bonds is 3. The van der Waals surface area contributed by atoms with Crippen LogP contribution in [0.3, 0.4) is 0 Å². The zero-order valence-electron chi connectivity index (χ0n) is 12.1. The van der Waals surface area contributed by atoms with Crippen LogP contribution in [-0.4, -0.2) is 31.8 Å². The van der Waals surface area contributed by atoms with Crippen molar-refractivity contribution in [2.24, 2.45) is 5.92 Å². The van der Waals surface area contributed by atoms with Crippen molar-refractivity contribution in [2.75, 3.05) is 0 Å². The number of aromatic nitrogens is 2. The van der Waals surface area contributed by atoms with Gasteiger partial charge in [-0.15, -0.1) is 0 Å². The van der Waals surface area contributed by atoms with Gasteiger partial charge in [0.05, 0.1) is 22.7 Å². The van der Waals surface area contributed by atoms with E-state index in [1.165, 1.54) is 0 Å². The molecule has 2 N–H and O–H groups in total. The van der Waals surface area contributed by atoms with E-state index in [0.29, 0.717) is 5.92 Å². The van der Waals surface area contributed by atoms with Crippen molar-refractivity contribution in [1.82, 2.24) is 9.55 Å². The number of aromatic carboxylic acids is 1. The predicted octanol–water partition coefficient (Wildman–Crippen LogP) is 2.59. The second kappa shape index (κ2) is 5.48. The third-order valence-corrected chi connectivity index (χ3v) is 4.38. The molecule has 0 aliphatic heterocycles. The van der Waals surface area contributed by atoms with Crippen LogP contribution in [0.4, 0.5) is 0 Å². The van der Waals surface area contributed by atoms with Gasteiger partial charge in [0.15, 0.2) is 0 Å². The molecule has 0 saturated heterocycles. The molecule has 1 fully saturated rings. The maximum Gasteiger partial charge on any atom is 0.335 e. The lowest BCUT2D eigenvalue weighted by Crippen LogP contribution is -2.23. The molecule has 3 rings (SSSR count). The summed E-state index contributed by atoms with van der Waals surface area (Å²) in [5.41, 5.74) is 1.96. The highest BCUT2D eigenvalue weighted by molar-refractivity contribution is 5.92. The predicted molar refractivity (Wildman–Crippen MR) is 79.4 cm³/mol. The highest BCUT2D eigenvalue weighted by Crippen LogP contribution is 2.28. The van der Waals surface area contributed by atoms with Gasteiger partial charge >= 0.3 is 5.97 Å². The largest absolute Gasteiger partial charge is 0.478 e. The normalized spacial score (nSPS) is 22.6. The van der Waals surface area contributed by atoms with Gasteiger partial charge in [0, 0.05) is 6.54 Å². The van der Waals surface area contributed by atoms with Crippen LogP contribution in [0.15, 0.2) is 18.2 Å². The van der Waals surface area contributed by atoms with E-state index < -0.39 is 5.97 Å². The van der Waals surface area contributed by atoms with Crippen molar-refractivity contribution in [3.8, 4) is 0 Å². The van der Waals surface area contributed by atoms with Gasteiger partial charge in [-0.2, -0.15) is 0 Å². The van der Waals surface area contributed by atoms with Crippen molar-refractivity contribution >= 4 is 17.0 Å². The molecular formula is C16H20N2O3. The average molecular weight is 288 g/mol. The van der Waals surface area contributed by atoms with E-state index in [1.807, 2.05) is 13.0 Å². The minimum absolute atomic E-state index is 0.183. The maximum atomic E-state index is 11.0. The number of aryl methyl sites for hydroxylation is 1. The van der Waals surface area contributed by atoms with E-state index in [-0.39, 0.29) is 11.7 Å². The molecule has 2 aromatic rings. The smallest absolute Gasteiger partial charge is 0.335 e. The van der Waals surface area contributed by atoms with E-state index in [1.54, 1.807) is 12.1 Å². The van der Waals surface area contributed by atoms with Crippen molar-refractivity contribution in [3.05, 3.63) is 29.6 Å². The molecule has 0 radical (unpaired) electrons. The summed E-state index contributed by atoms with van der Waals surface area (Å²) in [5.74, 6) is 0.427. The molecule has 5 heteroatoms. The highest BCUT2D eigenvalue weighted by Gasteiger charge is 2.22. The first kappa shape index (κ1) is 14.1. The summed E-state index contributed by atoms with van der Waals surface area (Å²) in [6.45, 7) is 2.78. The number of aliphatic hydroxyl groups is 1. The van der Waals surface area contributed by atoms with Gasteiger partial charge in [0.1, 0.15) is 5.82 Å². The SMILES string of the molecule is Cc1nc2cc(C(=O)O)ccc2n1CC1CCCC(O)C1. The molecule has 1 saturated carbocycles. The van der Waals surface area contributed by atoms with Crippen molar-refractivity contribution in [2.45, 2.75) is 45.3 Å². The lowest BCUT2D eigenvalue weighted by atomic mass is 9.87. The van der Waals surface area contributed by atoms with Gasteiger partial charge in [0.25, 0.3) is 0 Å². The zero-order chi connectivity index (χ0) is 15.0. The summed E-state index contributed by atoms with van der Waals surface area (Å²) in [6.07, 6.45) is 3.76. The molecule has 5 nitrogen and oxygen atoms in total. The lowest BCUT2D eigenvalue weighted by Gasteiger charge is -2.26. The van der Waals surface area contributed by atoms with Crippen LogP contribution in [-0.2, 0) is 6.54 Å². The van der Waals surface area contributed by atoms with Crippen LogP contribution in [0.2, 0.25) is 0 Å². The summed E-state index contributed by atoms with van der Waals surface area (Å²) in [6, 6.07) is 5.08. The van der Waals surface area contributed by atoms with Crippen LogP contribution in [0.5, 0.6) is 0 Å². The van der Waals surface area contributed by atoms with Crippen LogP contribution in [0.1, 0.15) is 41.9 Å². The fourth-order valence-corrected chi connectivity index (χ4v) is 3.30. The number of hydrogen-bond acceptors (Lipinski definition) is 3. The Morgan fingerprint density at radius 3 is 2.95 bits per heavy atom. The first-order chi connectivity index (χ1) is 10.0. The first-order valence-electron chi connectivity index (χ1n) is 7.43. The number of benzene rings is 1. The Morgan fingerprint density at radius 1 is 1.43 bits per heavy atom. The van der Waals surface area contributed by atoms with Gasteiger partial charge in [0.2, 0.25) is 0 Å². The molecule has 0 bridgehead atoms. The van der Waals surface area contributed by atoms with Crippen LogP contribution < -0.4 is 0 Å². The highest BCUT2D eigenvalue weighted by atomic mass is 16.4. The molecule has 1 aromatic heterocycles. The summed E-state index contributed by atoms with van der Waals surface area (Å²) in [4.78, 5) is 15.5. The molecule has 2 atom stereocenters. The number of fused-ring (bicyclic) bond motifs is 1. The molecule has 0 spiro atoms. The van der Waals surface area contributed by atoms with Crippen molar-refractivity contribution < 1.29 is 15.0 Å². The fraction of sp³-hybridized carbons (Fsp3) is 0.500. The molecule has 1 aromatic carbocycles. The molecular weight excluding hydrogens is 268 g/mol. The molecule has 1 aliphatic rings. The quantitative estimate of drug-likeness (QED) is 0.910. The lowest BCUT2D eigenvalue weighted by molar-refractivity contribution is 0.0697. The molecule has 0 amide bonds. The Morgan fingerprint density at radius 2 is 2.24 bits per heavy atom. The Labute approximate surface area is 123 Å². The van der Waals surface area contributed by atoms with E-state index in [2.05, 4.69) is 9.55 Å². The standard InChI is InChI=1S/C16H20N2O3/c1-10-17-14-8-12(16(20)21)5-6-15(14)18(10)9-11-3-2-4-13(19)7-11/h5-6,8,11,13,19H,2-4,7,9H2,1H3,(H,20,21). The van der Waals surface area contributed by atoms with E-state index in [4.69, 9.17) is 5.11 Å². The summed E-state index contributed by atoms with van der Waals surface area (Å²) in [7, 11) is 0. The molecule has 1 heterocycles. The number of aliphatic hydroxyl groups excluding tert-OH is 1. The second-order valence-electron chi connectivity index (χ2n) is 5.96. The van der Waals surface area contributed by atoms with Gasteiger partial charge in [-0.3, -0.25) is 0 Å². The first-order valence-corrected chi connectivity index (χ1v) is 7.43. The van der Waals surface area contributed by atoms with Gasteiger partial charge < -0.3 is 14.8 Å². The number of nitrogens with zero attached hydrogens (tertiary/aromatic N) is 2. The zero-order valence-corrected chi connectivity index (χ0v) is 12.1. The molecule has 1 aliphatic carbocycles. The molecule has 2 unspecified atom stereocenters. The maximum absolute atomic E-state index is 11.0. The Kier molecular flexibility index (Phi) is 3.68. The Hall–Kier alpha value is -1.88. The topological polar surface area (TPSA) is 75.3 Å². The van der Waals surface area contributed by atoms with Crippen LogP contribution in [0.25, 0.3) is 11.0 Å². The average Bonchev–Trinajstić information content (AvgIpc) is 2.74. The van der Waals surface area contributed by atoms with E-state index in [0.717, 1.165) is 49.1 Å². The van der Waals surface area contributed by atoms with Gasteiger partial charge in [-0.05, 0) is 50.3 Å². The third kappa shape index (κ3) is 2.78. The Bertz CT molecular complexity index is 677. The fourth-order valence-electron chi connectivity index (χ4n) is 3.30.